The lowest BCUT2D eigenvalue weighted by atomic mass is 10.2. The van der Waals surface area contributed by atoms with Crippen LogP contribution in [0, 0.1) is 19.7 Å². The van der Waals surface area contributed by atoms with Crippen molar-refractivity contribution in [1.82, 2.24) is 9.47 Å². The molecule has 1 aromatic carbocycles. The Kier molecular flexibility index (Phi) is 3.89. The first kappa shape index (κ1) is 16.3. The molecule has 0 atom stereocenters. The topological polar surface area (TPSA) is 43.7 Å². The van der Waals surface area contributed by atoms with E-state index in [0.717, 1.165) is 17.1 Å². The van der Waals surface area contributed by atoms with Crippen molar-refractivity contribution in [1.29, 1.82) is 0 Å². The molecular weight excluding hydrogens is 323 g/mol. The van der Waals surface area contributed by atoms with Crippen LogP contribution in [-0.2, 0) is 9.47 Å². The Morgan fingerprint density at radius 2 is 1.84 bits per heavy atom. The van der Waals surface area contributed by atoms with Crippen molar-refractivity contribution in [3.8, 4) is 5.69 Å². The molecule has 0 radical (unpaired) electrons. The first-order valence-corrected chi connectivity index (χ1v) is 8.51. The minimum absolute atomic E-state index is 0.0163. The lowest BCUT2D eigenvalue weighted by molar-refractivity contribution is -0.143. The maximum atomic E-state index is 13.2. The van der Waals surface area contributed by atoms with E-state index in [1.807, 2.05) is 24.5 Å². The van der Waals surface area contributed by atoms with Gasteiger partial charge in [-0.1, -0.05) is 0 Å². The van der Waals surface area contributed by atoms with E-state index in [1.165, 1.54) is 12.1 Å². The molecule has 0 aliphatic carbocycles. The van der Waals surface area contributed by atoms with Crippen LogP contribution in [0.4, 0.5) is 4.39 Å². The lowest BCUT2D eigenvalue weighted by Gasteiger charge is -2.22. The summed E-state index contributed by atoms with van der Waals surface area (Å²) in [6.07, 6.45) is 0.704. The number of carbonyl (C=O) groups excluding carboxylic acids is 1. The van der Waals surface area contributed by atoms with Crippen LogP contribution in [0.25, 0.3) is 5.69 Å². The lowest BCUT2D eigenvalue weighted by Crippen LogP contribution is -2.37. The smallest absolute Gasteiger partial charge is 0.255 e. The maximum absolute atomic E-state index is 13.2. The highest BCUT2D eigenvalue weighted by Crippen LogP contribution is 2.32. The normalized spacial score (nSPS) is 19.1. The summed E-state index contributed by atoms with van der Waals surface area (Å²) in [6, 6.07) is 8.18. The fourth-order valence-corrected chi connectivity index (χ4v) is 3.80. The average molecular weight is 344 g/mol. The Morgan fingerprint density at radius 1 is 1.16 bits per heavy atom. The van der Waals surface area contributed by atoms with Gasteiger partial charge in [0.2, 0.25) is 0 Å². The fraction of sp³-hybridized carbons (Fsp3) is 0.421. The zero-order valence-corrected chi connectivity index (χ0v) is 14.4. The van der Waals surface area contributed by atoms with Crippen LogP contribution < -0.4 is 0 Å². The Hall–Kier alpha value is -2.18. The van der Waals surface area contributed by atoms with Crippen LogP contribution in [0.5, 0.6) is 0 Å². The molecule has 2 saturated heterocycles. The van der Waals surface area contributed by atoms with Crippen molar-refractivity contribution in [2.45, 2.75) is 26.1 Å². The van der Waals surface area contributed by atoms with Crippen LogP contribution in [0.1, 0.15) is 28.2 Å². The summed E-state index contributed by atoms with van der Waals surface area (Å²) < 4.78 is 26.6. The zero-order chi connectivity index (χ0) is 17.6. The highest BCUT2D eigenvalue weighted by Gasteiger charge is 2.45. The summed E-state index contributed by atoms with van der Waals surface area (Å²) in [7, 11) is 0. The van der Waals surface area contributed by atoms with Crippen molar-refractivity contribution < 1.29 is 18.7 Å². The number of hydrogen-bond acceptors (Lipinski definition) is 3. The second kappa shape index (κ2) is 5.97. The minimum Gasteiger partial charge on any atom is -0.346 e. The fourth-order valence-electron chi connectivity index (χ4n) is 3.80. The SMILES string of the molecule is Cc1cc(C(=O)N2CCC3(C2)OCCO3)c(C)n1-c1ccc(F)cc1. The Labute approximate surface area is 145 Å². The third-order valence-corrected chi connectivity index (χ3v) is 5.04. The van der Waals surface area contributed by atoms with Gasteiger partial charge in [-0.2, -0.15) is 0 Å². The summed E-state index contributed by atoms with van der Waals surface area (Å²) in [4.78, 5) is 14.8. The molecule has 1 amide bonds. The molecule has 132 valence electrons. The summed E-state index contributed by atoms with van der Waals surface area (Å²) in [5, 5.41) is 0. The Morgan fingerprint density at radius 3 is 2.52 bits per heavy atom. The van der Waals surface area contributed by atoms with Crippen molar-refractivity contribution in [2.75, 3.05) is 26.3 Å². The van der Waals surface area contributed by atoms with Gasteiger partial charge in [-0.25, -0.2) is 4.39 Å². The van der Waals surface area contributed by atoms with Gasteiger partial charge in [0.25, 0.3) is 5.91 Å². The van der Waals surface area contributed by atoms with Crippen LogP contribution in [0.3, 0.4) is 0 Å². The number of benzene rings is 1. The molecule has 0 saturated carbocycles. The van der Waals surface area contributed by atoms with Gasteiger partial charge in [0, 0.05) is 30.0 Å². The second-order valence-corrected chi connectivity index (χ2v) is 6.68. The zero-order valence-electron chi connectivity index (χ0n) is 14.4. The molecule has 2 aromatic rings. The highest BCUT2D eigenvalue weighted by atomic mass is 19.1. The second-order valence-electron chi connectivity index (χ2n) is 6.68. The minimum atomic E-state index is -0.613. The van der Waals surface area contributed by atoms with E-state index in [-0.39, 0.29) is 11.7 Å². The van der Waals surface area contributed by atoms with E-state index < -0.39 is 5.79 Å². The number of hydrogen-bond donors (Lipinski definition) is 0. The maximum Gasteiger partial charge on any atom is 0.255 e. The first-order valence-electron chi connectivity index (χ1n) is 8.51. The predicted molar refractivity (Wildman–Crippen MR) is 90.4 cm³/mol. The summed E-state index contributed by atoms with van der Waals surface area (Å²) in [6.45, 7) is 6.12. The highest BCUT2D eigenvalue weighted by molar-refractivity contribution is 5.96. The number of rotatable bonds is 2. The number of aromatic nitrogens is 1. The number of halogens is 1. The number of aryl methyl sites for hydroxylation is 1. The molecule has 5 nitrogen and oxygen atoms in total. The molecule has 4 rings (SSSR count). The van der Waals surface area contributed by atoms with Gasteiger partial charge >= 0.3 is 0 Å². The van der Waals surface area contributed by atoms with Gasteiger partial charge in [0.05, 0.1) is 25.3 Å². The van der Waals surface area contributed by atoms with E-state index >= 15 is 0 Å². The van der Waals surface area contributed by atoms with E-state index in [0.29, 0.717) is 38.3 Å². The molecule has 1 aromatic heterocycles. The van der Waals surface area contributed by atoms with E-state index in [1.54, 1.807) is 17.0 Å². The van der Waals surface area contributed by atoms with Gasteiger partial charge in [0.1, 0.15) is 5.82 Å². The van der Waals surface area contributed by atoms with Crippen LogP contribution in [0.2, 0.25) is 0 Å². The van der Waals surface area contributed by atoms with E-state index in [2.05, 4.69) is 0 Å². The van der Waals surface area contributed by atoms with Crippen molar-refractivity contribution in [2.24, 2.45) is 0 Å². The molecule has 0 N–H and O–H groups in total. The molecule has 2 aliphatic rings. The number of carbonyl (C=O) groups is 1. The molecular formula is C19H21FN2O3. The summed E-state index contributed by atoms with van der Waals surface area (Å²) >= 11 is 0. The van der Waals surface area contributed by atoms with Gasteiger partial charge in [-0.3, -0.25) is 4.79 Å². The van der Waals surface area contributed by atoms with Gasteiger partial charge in [-0.15, -0.1) is 0 Å². The molecule has 2 aliphatic heterocycles. The third-order valence-electron chi connectivity index (χ3n) is 5.04. The van der Waals surface area contributed by atoms with Crippen LogP contribution >= 0.6 is 0 Å². The molecule has 1 spiro atoms. The summed E-state index contributed by atoms with van der Waals surface area (Å²) in [5.41, 5.74) is 3.30. The van der Waals surface area contributed by atoms with Crippen molar-refractivity contribution >= 4 is 5.91 Å². The van der Waals surface area contributed by atoms with E-state index in [9.17, 15) is 9.18 Å². The van der Waals surface area contributed by atoms with Crippen LogP contribution in [-0.4, -0.2) is 47.5 Å². The number of nitrogens with zero attached hydrogens (tertiary/aromatic N) is 2. The average Bonchev–Trinajstić information content (AvgIpc) is 3.30. The number of likely N-dealkylation sites (tertiary alicyclic amines) is 1. The predicted octanol–water partition coefficient (Wildman–Crippen LogP) is 2.82. The third kappa shape index (κ3) is 2.75. The standard InChI is InChI=1S/C19H21FN2O3/c1-13-11-17(14(2)22(13)16-5-3-15(20)4-6-16)18(23)21-8-7-19(12-21)24-9-10-25-19/h3-6,11H,7-10,12H2,1-2H3. The number of ether oxygens (including phenoxy) is 2. The molecule has 6 heteroatoms. The van der Waals surface area contributed by atoms with Gasteiger partial charge in [0.15, 0.2) is 5.79 Å². The molecule has 2 fully saturated rings. The van der Waals surface area contributed by atoms with Gasteiger partial charge in [-0.05, 0) is 44.2 Å². The molecule has 0 bridgehead atoms. The Bertz CT molecular complexity index is 807. The summed E-state index contributed by atoms with van der Waals surface area (Å²) in [5.74, 6) is -0.906. The van der Waals surface area contributed by atoms with Gasteiger partial charge < -0.3 is 18.9 Å². The van der Waals surface area contributed by atoms with Crippen molar-refractivity contribution in [3.05, 3.63) is 53.1 Å². The van der Waals surface area contributed by atoms with Crippen LogP contribution in [0.15, 0.2) is 30.3 Å². The first-order chi connectivity index (χ1) is 12.0. The Balaban J connectivity index is 1.62. The molecule has 3 heterocycles. The monoisotopic (exact) mass is 344 g/mol. The molecule has 0 unspecified atom stereocenters. The quantitative estimate of drug-likeness (QED) is 0.841. The molecule has 25 heavy (non-hydrogen) atoms. The van der Waals surface area contributed by atoms with E-state index in [4.69, 9.17) is 9.47 Å². The number of amides is 1. The van der Waals surface area contributed by atoms with Crippen molar-refractivity contribution in [3.63, 3.8) is 0 Å². The largest absolute Gasteiger partial charge is 0.346 e.